The smallest absolute Gasteiger partial charge is 0.255 e. The average Bonchev–Trinajstić information content (AvgIpc) is 2.88. The summed E-state index contributed by atoms with van der Waals surface area (Å²) in [7, 11) is 3.77. The molecule has 34 heavy (non-hydrogen) atoms. The van der Waals surface area contributed by atoms with E-state index in [2.05, 4.69) is 10.6 Å². The Morgan fingerprint density at radius 2 is 1.32 bits per heavy atom. The lowest BCUT2D eigenvalue weighted by Crippen LogP contribution is -2.25. The molecule has 4 rings (SSSR count). The van der Waals surface area contributed by atoms with Gasteiger partial charge in [0.1, 0.15) is 0 Å². The van der Waals surface area contributed by atoms with Gasteiger partial charge in [-0.1, -0.05) is 72.8 Å². The predicted molar refractivity (Wildman–Crippen MR) is 138 cm³/mol. The normalized spacial score (nSPS) is 10.4. The van der Waals surface area contributed by atoms with E-state index in [-0.39, 0.29) is 11.8 Å². The number of hydrogen-bond donors (Lipinski definition) is 2. The Morgan fingerprint density at radius 1 is 0.706 bits per heavy atom. The van der Waals surface area contributed by atoms with Crippen LogP contribution in [0.25, 0.3) is 11.1 Å². The van der Waals surface area contributed by atoms with Crippen LogP contribution in [0.1, 0.15) is 26.3 Å². The van der Waals surface area contributed by atoms with Crippen LogP contribution in [0.15, 0.2) is 103 Å². The second-order valence-corrected chi connectivity index (χ2v) is 8.19. The van der Waals surface area contributed by atoms with Gasteiger partial charge in [0.25, 0.3) is 11.8 Å². The molecule has 4 aromatic rings. The van der Waals surface area contributed by atoms with Crippen LogP contribution in [0.4, 0.5) is 11.4 Å². The van der Waals surface area contributed by atoms with Gasteiger partial charge in [-0.3, -0.25) is 9.59 Å². The van der Waals surface area contributed by atoms with E-state index in [1.165, 1.54) is 0 Å². The number of nitrogens with one attached hydrogen (secondary N) is 2. The molecule has 2 N–H and O–H groups in total. The lowest BCUT2D eigenvalue weighted by Gasteiger charge is -2.18. The molecular weight excluding hydrogens is 422 g/mol. The summed E-state index contributed by atoms with van der Waals surface area (Å²) < 4.78 is 0. The van der Waals surface area contributed by atoms with Gasteiger partial charge in [0, 0.05) is 37.6 Å². The first-order chi connectivity index (χ1) is 16.5. The second-order valence-electron chi connectivity index (χ2n) is 8.19. The van der Waals surface area contributed by atoms with Crippen molar-refractivity contribution in [1.82, 2.24) is 5.32 Å². The maximum absolute atomic E-state index is 13.0. The molecule has 0 radical (unpaired) electrons. The Balaban J connectivity index is 1.49. The number of benzene rings is 4. The first kappa shape index (κ1) is 22.8. The van der Waals surface area contributed by atoms with Crippen LogP contribution in [0.3, 0.4) is 0 Å². The number of carbonyl (C=O) groups is 2. The number of anilines is 2. The molecule has 0 saturated carbocycles. The van der Waals surface area contributed by atoms with Crippen molar-refractivity contribution in [3.05, 3.63) is 120 Å². The molecule has 170 valence electrons. The van der Waals surface area contributed by atoms with Crippen LogP contribution in [0.5, 0.6) is 0 Å². The highest BCUT2D eigenvalue weighted by Crippen LogP contribution is 2.24. The van der Waals surface area contributed by atoms with E-state index < -0.39 is 0 Å². The minimum absolute atomic E-state index is 0.198. The lowest BCUT2D eigenvalue weighted by atomic mass is 10.0. The van der Waals surface area contributed by atoms with E-state index in [0.717, 1.165) is 22.4 Å². The second kappa shape index (κ2) is 10.5. The molecule has 4 aromatic carbocycles. The molecule has 0 aliphatic carbocycles. The summed E-state index contributed by atoms with van der Waals surface area (Å²) in [5, 5.41) is 5.88. The fraction of sp³-hybridized carbons (Fsp3) is 0.103. The van der Waals surface area contributed by atoms with Crippen LogP contribution in [-0.2, 0) is 6.54 Å². The van der Waals surface area contributed by atoms with Crippen molar-refractivity contribution in [2.75, 3.05) is 24.3 Å². The third-order valence-electron chi connectivity index (χ3n) is 5.53. The molecule has 0 atom stereocenters. The van der Waals surface area contributed by atoms with Gasteiger partial charge in [0.05, 0.1) is 5.56 Å². The summed E-state index contributed by atoms with van der Waals surface area (Å²) in [4.78, 5) is 27.7. The molecular formula is C29H27N3O2. The van der Waals surface area contributed by atoms with Crippen molar-refractivity contribution in [2.45, 2.75) is 6.54 Å². The average molecular weight is 450 g/mol. The van der Waals surface area contributed by atoms with E-state index in [9.17, 15) is 9.59 Å². The van der Waals surface area contributed by atoms with Gasteiger partial charge in [-0.15, -0.1) is 0 Å². The molecule has 0 aliphatic heterocycles. The van der Waals surface area contributed by atoms with Gasteiger partial charge in [-0.25, -0.2) is 0 Å². The van der Waals surface area contributed by atoms with Crippen molar-refractivity contribution < 1.29 is 9.59 Å². The molecule has 0 fully saturated rings. The van der Waals surface area contributed by atoms with Crippen molar-refractivity contribution in [3.8, 4) is 11.1 Å². The third kappa shape index (κ3) is 5.51. The fourth-order valence-corrected chi connectivity index (χ4v) is 3.71. The number of hydrogen-bond acceptors (Lipinski definition) is 3. The molecule has 0 unspecified atom stereocenters. The molecule has 5 nitrogen and oxygen atoms in total. The van der Waals surface area contributed by atoms with Crippen molar-refractivity contribution >= 4 is 23.2 Å². The number of nitrogens with zero attached hydrogens (tertiary/aromatic N) is 1. The van der Waals surface area contributed by atoms with Crippen LogP contribution < -0.4 is 15.5 Å². The summed E-state index contributed by atoms with van der Waals surface area (Å²) >= 11 is 0. The maximum Gasteiger partial charge on any atom is 0.255 e. The van der Waals surface area contributed by atoms with Crippen molar-refractivity contribution in [1.29, 1.82) is 0 Å². The van der Waals surface area contributed by atoms with Gasteiger partial charge < -0.3 is 15.5 Å². The number of amides is 2. The van der Waals surface area contributed by atoms with E-state index in [0.29, 0.717) is 23.4 Å². The van der Waals surface area contributed by atoms with Gasteiger partial charge in [-0.2, -0.15) is 0 Å². The third-order valence-corrected chi connectivity index (χ3v) is 5.53. The Bertz CT molecular complexity index is 1270. The Labute approximate surface area is 200 Å². The summed E-state index contributed by atoms with van der Waals surface area (Å²) in [6.45, 7) is 0.427. The predicted octanol–water partition coefficient (Wildman–Crippen LogP) is 5.60. The molecule has 5 heteroatoms. The molecule has 0 bridgehead atoms. The van der Waals surface area contributed by atoms with Crippen molar-refractivity contribution in [3.63, 3.8) is 0 Å². The van der Waals surface area contributed by atoms with Crippen LogP contribution >= 0.6 is 0 Å². The molecule has 0 heterocycles. The zero-order valence-corrected chi connectivity index (χ0v) is 19.3. The summed E-state index contributed by atoms with van der Waals surface area (Å²) in [5.41, 5.74) is 5.54. The van der Waals surface area contributed by atoms with Gasteiger partial charge >= 0.3 is 0 Å². The Hall–Kier alpha value is -4.38. The zero-order chi connectivity index (χ0) is 23.9. The highest BCUT2D eigenvalue weighted by Gasteiger charge is 2.15. The lowest BCUT2D eigenvalue weighted by molar-refractivity contribution is 0.0950. The first-order valence-corrected chi connectivity index (χ1v) is 11.1. The Kier molecular flexibility index (Phi) is 7.04. The minimum Gasteiger partial charge on any atom is -0.377 e. The fourth-order valence-electron chi connectivity index (χ4n) is 3.71. The monoisotopic (exact) mass is 449 g/mol. The number of carbonyl (C=O) groups excluding carboxylic acids is 2. The quantitative estimate of drug-likeness (QED) is 0.386. The summed E-state index contributed by atoms with van der Waals surface area (Å²) in [6.07, 6.45) is 0. The van der Waals surface area contributed by atoms with E-state index in [4.69, 9.17) is 0 Å². The molecule has 0 aromatic heterocycles. The highest BCUT2D eigenvalue weighted by molar-refractivity contribution is 6.06. The van der Waals surface area contributed by atoms with E-state index in [1.807, 2.05) is 97.9 Å². The standard InChI is InChI=1S/C29H27N3O2/c1-32(2)27-18-17-25(19-26(27)29(34)30-20-21-9-5-3-6-10-21)31-28(33)24-15-13-23(14-16-24)22-11-7-4-8-12-22/h3-19H,20H2,1-2H3,(H,30,34)(H,31,33). The maximum atomic E-state index is 13.0. The summed E-state index contributed by atoms with van der Waals surface area (Å²) in [5.74, 6) is -0.427. The van der Waals surface area contributed by atoms with Crippen molar-refractivity contribution in [2.24, 2.45) is 0 Å². The number of rotatable bonds is 7. The van der Waals surface area contributed by atoms with E-state index in [1.54, 1.807) is 24.3 Å². The highest BCUT2D eigenvalue weighted by atomic mass is 16.2. The van der Waals surface area contributed by atoms with Crippen LogP contribution in [-0.4, -0.2) is 25.9 Å². The van der Waals surface area contributed by atoms with Crippen LogP contribution in [0.2, 0.25) is 0 Å². The topological polar surface area (TPSA) is 61.4 Å². The Morgan fingerprint density at radius 3 is 1.97 bits per heavy atom. The molecule has 0 saturated heterocycles. The van der Waals surface area contributed by atoms with Gasteiger partial charge in [0.15, 0.2) is 0 Å². The molecule has 2 amide bonds. The van der Waals surface area contributed by atoms with Gasteiger partial charge in [-0.05, 0) is 47.0 Å². The first-order valence-electron chi connectivity index (χ1n) is 11.1. The zero-order valence-electron chi connectivity index (χ0n) is 19.3. The molecule has 0 aliphatic rings. The summed E-state index contributed by atoms with van der Waals surface area (Å²) in [6, 6.07) is 32.6. The SMILES string of the molecule is CN(C)c1ccc(NC(=O)c2ccc(-c3ccccc3)cc2)cc1C(=O)NCc1ccccc1. The van der Waals surface area contributed by atoms with Crippen LogP contribution in [0, 0.1) is 0 Å². The van der Waals surface area contributed by atoms with E-state index >= 15 is 0 Å². The minimum atomic E-state index is -0.229. The molecule has 0 spiro atoms. The largest absolute Gasteiger partial charge is 0.377 e. The van der Waals surface area contributed by atoms with Gasteiger partial charge in [0.2, 0.25) is 0 Å².